The van der Waals surface area contributed by atoms with E-state index in [1.165, 1.54) is 0 Å². The molecular formula is C21H24N4O2S. The van der Waals surface area contributed by atoms with Crippen LogP contribution in [0.15, 0.2) is 42.6 Å². The van der Waals surface area contributed by atoms with Crippen LogP contribution >= 0.6 is 0 Å². The van der Waals surface area contributed by atoms with E-state index in [-0.39, 0.29) is 0 Å². The summed E-state index contributed by atoms with van der Waals surface area (Å²) in [5.41, 5.74) is 3.67. The normalized spacial score (nSPS) is 18.9. The quantitative estimate of drug-likeness (QED) is 0.719. The number of aromatic nitrogens is 1. The van der Waals surface area contributed by atoms with Gasteiger partial charge in [-0.05, 0) is 30.8 Å². The highest BCUT2D eigenvalue weighted by atomic mass is 32.2. The standard InChI is InChI=1S/C21H24N4O2S/c1-23-11-13-24(14-12-23)28(26,27)25-10-9-21-20(17-25)15-19(16-22-21)8-7-18-5-3-2-4-6-18/h2-6,15-16H,9-14,17H2,1H3. The molecule has 2 aliphatic rings. The zero-order valence-corrected chi connectivity index (χ0v) is 16.8. The lowest BCUT2D eigenvalue weighted by Crippen LogP contribution is -2.52. The highest BCUT2D eigenvalue weighted by molar-refractivity contribution is 7.86. The largest absolute Gasteiger partial charge is 0.304 e. The van der Waals surface area contributed by atoms with Gasteiger partial charge >= 0.3 is 0 Å². The van der Waals surface area contributed by atoms with Gasteiger partial charge in [0.1, 0.15) is 0 Å². The Kier molecular flexibility index (Phi) is 5.47. The molecule has 4 rings (SSSR count). The van der Waals surface area contributed by atoms with E-state index >= 15 is 0 Å². The first-order valence-corrected chi connectivity index (χ1v) is 10.9. The van der Waals surface area contributed by atoms with Crippen molar-refractivity contribution in [3.63, 3.8) is 0 Å². The molecule has 0 spiro atoms. The third-order valence-corrected chi connectivity index (χ3v) is 7.23. The van der Waals surface area contributed by atoms with Crippen molar-refractivity contribution in [2.45, 2.75) is 13.0 Å². The molecule has 6 nitrogen and oxygen atoms in total. The zero-order valence-electron chi connectivity index (χ0n) is 16.0. The van der Waals surface area contributed by atoms with Crippen molar-refractivity contribution in [3.05, 3.63) is 65.0 Å². The summed E-state index contributed by atoms with van der Waals surface area (Å²) < 4.78 is 29.3. The number of nitrogens with zero attached hydrogens (tertiary/aromatic N) is 4. The molecule has 3 heterocycles. The maximum absolute atomic E-state index is 13.0. The molecule has 7 heteroatoms. The van der Waals surface area contributed by atoms with E-state index in [9.17, 15) is 8.42 Å². The van der Waals surface area contributed by atoms with Gasteiger partial charge in [0, 0.05) is 68.7 Å². The Labute approximate surface area is 167 Å². The molecule has 2 aliphatic heterocycles. The van der Waals surface area contributed by atoms with Gasteiger partial charge in [-0.1, -0.05) is 30.0 Å². The number of hydrogen-bond acceptors (Lipinski definition) is 4. The lowest BCUT2D eigenvalue weighted by molar-refractivity contribution is 0.209. The molecule has 1 aromatic heterocycles. The van der Waals surface area contributed by atoms with Crippen LogP contribution in [0.1, 0.15) is 22.4 Å². The minimum atomic E-state index is -3.44. The van der Waals surface area contributed by atoms with Crippen molar-refractivity contribution in [1.82, 2.24) is 18.5 Å². The topological polar surface area (TPSA) is 56.8 Å². The van der Waals surface area contributed by atoms with Crippen molar-refractivity contribution in [2.24, 2.45) is 0 Å². The van der Waals surface area contributed by atoms with Crippen molar-refractivity contribution >= 4 is 10.2 Å². The summed E-state index contributed by atoms with van der Waals surface area (Å²) in [6.07, 6.45) is 2.41. The molecule has 1 fully saturated rings. The van der Waals surface area contributed by atoms with Gasteiger partial charge in [-0.25, -0.2) is 0 Å². The molecular weight excluding hydrogens is 372 g/mol. The van der Waals surface area contributed by atoms with Crippen LogP contribution in [-0.2, 0) is 23.2 Å². The molecule has 1 aromatic carbocycles. The van der Waals surface area contributed by atoms with Crippen molar-refractivity contribution in [1.29, 1.82) is 0 Å². The first-order chi connectivity index (χ1) is 13.5. The summed E-state index contributed by atoms with van der Waals surface area (Å²) in [5, 5.41) is 0. The maximum Gasteiger partial charge on any atom is 0.282 e. The molecule has 0 N–H and O–H groups in total. The minimum absolute atomic E-state index is 0.359. The Balaban J connectivity index is 1.52. The van der Waals surface area contributed by atoms with Gasteiger partial charge < -0.3 is 4.90 Å². The van der Waals surface area contributed by atoms with Crippen molar-refractivity contribution in [3.8, 4) is 11.8 Å². The fourth-order valence-corrected chi connectivity index (χ4v) is 5.09. The van der Waals surface area contributed by atoms with Gasteiger partial charge in [0.25, 0.3) is 10.2 Å². The molecule has 0 unspecified atom stereocenters. The fraction of sp³-hybridized carbons (Fsp3) is 0.381. The van der Waals surface area contributed by atoms with Gasteiger partial charge in [-0.15, -0.1) is 0 Å². The number of pyridine rings is 1. The second kappa shape index (κ2) is 8.02. The van der Waals surface area contributed by atoms with Crippen LogP contribution in [0.2, 0.25) is 0 Å². The summed E-state index contributed by atoms with van der Waals surface area (Å²) in [5.74, 6) is 6.27. The van der Waals surface area contributed by atoms with E-state index in [1.54, 1.807) is 14.8 Å². The summed E-state index contributed by atoms with van der Waals surface area (Å²) in [6.45, 7) is 3.46. The van der Waals surface area contributed by atoms with Crippen LogP contribution in [0.25, 0.3) is 0 Å². The Hall–Kier alpha value is -2.24. The van der Waals surface area contributed by atoms with Crippen LogP contribution in [0, 0.1) is 11.8 Å². The third kappa shape index (κ3) is 4.10. The molecule has 0 bridgehead atoms. The lowest BCUT2D eigenvalue weighted by atomic mass is 10.1. The van der Waals surface area contributed by atoms with Crippen molar-refractivity contribution < 1.29 is 8.42 Å². The van der Waals surface area contributed by atoms with Crippen LogP contribution in [-0.4, -0.2) is 66.7 Å². The predicted molar refractivity (Wildman–Crippen MR) is 109 cm³/mol. The highest BCUT2D eigenvalue weighted by Gasteiger charge is 2.34. The molecule has 0 saturated carbocycles. The monoisotopic (exact) mass is 396 g/mol. The van der Waals surface area contributed by atoms with E-state index in [0.717, 1.165) is 35.5 Å². The Morgan fingerprint density at radius 3 is 2.39 bits per heavy atom. The average Bonchev–Trinajstić information content (AvgIpc) is 2.72. The van der Waals surface area contributed by atoms with Crippen molar-refractivity contribution in [2.75, 3.05) is 39.8 Å². The average molecular weight is 397 g/mol. The third-order valence-electron chi connectivity index (χ3n) is 5.24. The van der Waals surface area contributed by atoms with E-state index < -0.39 is 10.2 Å². The van der Waals surface area contributed by atoms with Crippen LogP contribution in [0.3, 0.4) is 0 Å². The number of benzene rings is 1. The first-order valence-electron chi connectivity index (χ1n) is 9.51. The zero-order chi connectivity index (χ0) is 19.6. The van der Waals surface area contributed by atoms with E-state index in [1.807, 2.05) is 43.4 Å². The molecule has 0 aliphatic carbocycles. The predicted octanol–water partition coefficient (Wildman–Crippen LogP) is 1.33. The van der Waals surface area contributed by atoms with Gasteiger partial charge in [-0.3, -0.25) is 4.98 Å². The molecule has 0 amide bonds. The summed E-state index contributed by atoms with van der Waals surface area (Å²) >= 11 is 0. The van der Waals surface area contributed by atoms with Gasteiger partial charge in [0.2, 0.25) is 0 Å². The lowest BCUT2D eigenvalue weighted by Gasteiger charge is -2.36. The smallest absolute Gasteiger partial charge is 0.282 e. The first kappa shape index (κ1) is 19.1. The number of hydrogen-bond donors (Lipinski definition) is 0. The Bertz CT molecular complexity index is 1000. The Morgan fingerprint density at radius 1 is 0.929 bits per heavy atom. The molecule has 0 atom stereocenters. The fourth-order valence-electron chi connectivity index (χ4n) is 3.51. The molecule has 1 saturated heterocycles. The van der Waals surface area contributed by atoms with Crippen LogP contribution < -0.4 is 0 Å². The molecule has 0 radical (unpaired) electrons. The number of piperazine rings is 1. The van der Waals surface area contributed by atoms with E-state index in [0.29, 0.717) is 32.6 Å². The summed E-state index contributed by atoms with van der Waals surface area (Å²) in [7, 11) is -1.42. The SMILES string of the molecule is CN1CCN(S(=O)(=O)N2CCc3ncc(C#Cc4ccccc4)cc3C2)CC1. The van der Waals surface area contributed by atoms with Crippen LogP contribution in [0.4, 0.5) is 0 Å². The minimum Gasteiger partial charge on any atom is -0.304 e. The van der Waals surface area contributed by atoms with Crippen LogP contribution in [0.5, 0.6) is 0 Å². The summed E-state index contributed by atoms with van der Waals surface area (Å²) in [4.78, 5) is 6.68. The second-order valence-electron chi connectivity index (χ2n) is 7.24. The number of likely N-dealkylation sites (N-methyl/N-ethyl adjacent to an activating group) is 1. The number of rotatable bonds is 2. The van der Waals surface area contributed by atoms with Gasteiger partial charge in [0.15, 0.2) is 0 Å². The second-order valence-corrected chi connectivity index (χ2v) is 9.17. The van der Waals surface area contributed by atoms with Gasteiger partial charge in [-0.2, -0.15) is 17.0 Å². The molecule has 28 heavy (non-hydrogen) atoms. The summed E-state index contributed by atoms with van der Waals surface area (Å²) in [6, 6.07) is 11.8. The molecule has 2 aromatic rings. The number of fused-ring (bicyclic) bond motifs is 1. The van der Waals surface area contributed by atoms with E-state index in [2.05, 4.69) is 21.7 Å². The maximum atomic E-state index is 13.0. The van der Waals surface area contributed by atoms with E-state index in [4.69, 9.17) is 0 Å². The van der Waals surface area contributed by atoms with Gasteiger partial charge in [0.05, 0.1) is 0 Å². The Morgan fingerprint density at radius 2 is 1.64 bits per heavy atom. The molecule has 146 valence electrons. The highest BCUT2D eigenvalue weighted by Crippen LogP contribution is 2.23.